The molecule has 0 N–H and O–H groups in total. The summed E-state index contributed by atoms with van der Waals surface area (Å²) < 4.78 is 2.43. The molecule has 0 radical (unpaired) electrons. The number of rotatable bonds is 5. The predicted octanol–water partition coefficient (Wildman–Crippen LogP) is 3.04. The second-order valence-corrected chi connectivity index (χ2v) is 7.23. The molecule has 1 aliphatic heterocycles. The topological polar surface area (TPSA) is 28.5 Å². The minimum absolute atomic E-state index is 0.298. The average molecular weight is 317 g/mol. The Bertz CT molecular complexity index is 549. The zero-order valence-electron chi connectivity index (χ0n) is 15.0. The van der Waals surface area contributed by atoms with E-state index in [0.29, 0.717) is 18.4 Å². The smallest absolute Gasteiger partial charge is 0.178 e. The third-order valence-electron chi connectivity index (χ3n) is 5.75. The Morgan fingerprint density at radius 3 is 2.30 bits per heavy atom. The Morgan fingerprint density at radius 2 is 1.70 bits per heavy atom. The first-order valence-corrected chi connectivity index (χ1v) is 9.26. The number of carbonyl (C=O) groups is 1. The largest absolute Gasteiger partial charge is 0.345 e. The number of ketones is 1. The van der Waals surface area contributed by atoms with Crippen LogP contribution in [0.2, 0.25) is 0 Å². The number of likely N-dealkylation sites (N-methyl/N-ethyl adjacent to an activating group) is 1. The molecule has 23 heavy (non-hydrogen) atoms. The maximum atomic E-state index is 12.8. The van der Waals surface area contributed by atoms with E-state index in [1.807, 2.05) is 0 Å². The lowest BCUT2D eigenvalue weighted by Crippen LogP contribution is -2.47. The van der Waals surface area contributed by atoms with E-state index in [1.54, 1.807) is 0 Å². The van der Waals surface area contributed by atoms with E-state index in [0.717, 1.165) is 38.3 Å². The summed E-state index contributed by atoms with van der Waals surface area (Å²) in [5.41, 5.74) is 3.40. The van der Waals surface area contributed by atoms with Gasteiger partial charge in [0.1, 0.15) is 0 Å². The molecule has 4 nitrogen and oxygen atoms in total. The van der Waals surface area contributed by atoms with Crippen LogP contribution in [0.5, 0.6) is 0 Å². The van der Waals surface area contributed by atoms with Crippen LogP contribution < -0.4 is 0 Å². The van der Waals surface area contributed by atoms with Crippen molar-refractivity contribution in [3.8, 4) is 0 Å². The molecule has 1 saturated heterocycles. The normalized spacial score (nSPS) is 21.2. The molecule has 1 saturated carbocycles. The van der Waals surface area contributed by atoms with Gasteiger partial charge in [-0.3, -0.25) is 9.69 Å². The molecule has 3 rings (SSSR count). The second kappa shape index (κ2) is 7.18. The standard InChI is InChI=1S/C19H31N3O/c1-4-20-9-11-21(12-10-20)14-19(23)18-13-15(2)22(16(18)3)17-7-5-6-8-17/h13,17H,4-12,14H2,1-3H3. The monoisotopic (exact) mass is 317 g/mol. The van der Waals surface area contributed by atoms with E-state index in [4.69, 9.17) is 0 Å². The van der Waals surface area contributed by atoms with Crippen molar-refractivity contribution >= 4 is 5.78 Å². The molecule has 2 heterocycles. The van der Waals surface area contributed by atoms with Crippen molar-refractivity contribution in [1.82, 2.24) is 14.4 Å². The SMILES string of the molecule is CCN1CCN(CC(=O)c2cc(C)n(C3CCCC3)c2C)CC1. The highest BCUT2D eigenvalue weighted by atomic mass is 16.1. The van der Waals surface area contributed by atoms with E-state index in [-0.39, 0.29) is 0 Å². The number of hydrogen-bond acceptors (Lipinski definition) is 3. The van der Waals surface area contributed by atoms with Crippen LogP contribution in [-0.4, -0.2) is 59.4 Å². The van der Waals surface area contributed by atoms with Crippen molar-refractivity contribution in [2.45, 2.75) is 52.5 Å². The molecular weight excluding hydrogens is 286 g/mol. The van der Waals surface area contributed by atoms with Gasteiger partial charge in [0.15, 0.2) is 5.78 Å². The van der Waals surface area contributed by atoms with Crippen molar-refractivity contribution < 1.29 is 4.79 Å². The maximum absolute atomic E-state index is 12.8. The van der Waals surface area contributed by atoms with Gasteiger partial charge in [-0.25, -0.2) is 0 Å². The Morgan fingerprint density at radius 1 is 1.09 bits per heavy atom. The van der Waals surface area contributed by atoms with Crippen molar-refractivity contribution in [3.05, 3.63) is 23.0 Å². The van der Waals surface area contributed by atoms with Gasteiger partial charge in [-0.05, 0) is 39.3 Å². The number of piperazine rings is 1. The lowest BCUT2D eigenvalue weighted by molar-refractivity contribution is 0.0858. The molecule has 0 aromatic carbocycles. The fourth-order valence-corrected chi connectivity index (χ4v) is 4.34. The Kier molecular flexibility index (Phi) is 5.22. The van der Waals surface area contributed by atoms with Gasteiger partial charge in [-0.1, -0.05) is 19.8 Å². The van der Waals surface area contributed by atoms with Gasteiger partial charge in [-0.15, -0.1) is 0 Å². The summed E-state index contributed by atoms with van der Waals surface area (Å²) in [5.74, 6) is 0.298. The molecule has 0 atom stereocenters. The van der Waals surface area contributed by atoms with E-state index in [9.17, 15) is 4.79 Å². The van der Waals surface area contributed by atoms with Crippen LogP contribution in [0.3, 0.4) is 0 Å². The van der Waals surface area contributed by atoms with Gasteiger partial charge in [0.2, 0.25) is 0 Å². The highest BCUT2D eigenvalue weighted by Crippen LogP contribution is 2.33. The van der Waals surface area contributed by atoms with Gasteiger partial charge in [-0.2, -0.15) is 0 Å². The van der Waals surface area contributed by atoms with E-state index in [2.05, 4.69) is 41.2 Å². The second-order valence-electron chi connectivity index (χ2n) is 7.23. The Balaban J connectivity index is 1.67. The van der Waals surface area contributed by atoms with Crippen molar-refractivity contribution in [1.29, 1.82) is 0 Å². The molecule has 1 aromatic heterocycles. The fraction of sp³-hybridized carbons (Fsp3) is 0.737. The number of aromatic nitrogens is 1. The first-order valence-electron chi connectivity index (χ1n) is 9.26. The first kappa shape index (κ1) is 16.7. The highest BCUT2D eigenvalue weighted by molar-refractivity contribution is 5.99. The van der Waals surface area contributed by atoms with Crippen LogP contribution in [0, 0.1) is 13.8 Å². The van der Waals surface area contributed by atoms with E-state index in [1.165, 1.54) is 37.1 Å². The number of hydrogen-bond donors (Lipinski definition) is 0. The van der Waals surface area contributed by atoms with Crippen molar-refractivity contribution in [2.24, 2.45) is 0 Å². The van der Waals surface area contributed by atoms with Gasteiger partial charge in [0.05, 0.1) is 6.54 Å². The average Bonchev–Trinajstić information content (AvgIpc) is 3.16. The van der Waals surface area contributed by atoms with Crippen LogP contribution >= 0.6 is 0 Å². The minimum Gasteiger partial charge on any atom is -0.345 e. The molecule has 0 bridgehead atoms. The molecule has 0 spiro atoms. The van der Waals surface area contributed by atoms with E-state index < -0.39 is 0 Å². The van der Waals surface area contributed by atoms with Crippen molar-refractivity contribution in [2.75, 3.05) is 39.3 Å². The predicted molar refractivity (Wildman–Crippen MR) is 94.3 cm³/mol. The Labute approximate surface area is 140 Å². The van der Waals surface area contributed by atoms with Gasteiger partial charge in [0.25, 0.3) is 0 Å². The van der Waals surface area contributed by atoms with E-state index >= 15 is 0 Å². The Hall–Kier alpha value is -1.13. The quantitative estimate of drug-likeness (QED) is 0.782. The summed E-state index contributed by atoms with van der Waals surface area (Å²) in [7, 11) is 0. The minimum atomic E-state index is 0.298. The summed E-state index contributed by atoms with van der Waals surface area (Å²) in [5, 5.41) is 0. The summed E-state index contributed by atoms with van der Waals surface area (Å²) in [4.78, 5) is 17.6. The summed E-state index contributed by atoms with van der Waals surface area (Å²) in [6.45, 7) is 12.4. The number of aryl methyl sites for hydroxylation is 1. The van der Waals surface area contributed by atoms with Gasteiger partial charge >= 0.3 is 0 Å². The number of carbonyl (C=O) groups excluding carboxylic acids is 1. The lowest BCUT2D eigenvalue weighted by atomic mass is 10.1. The summed E-state index contributed by atoms with van der Waals surface area (Å²) >= 11 is 0. The zero-order valence-corrected chi connectivity index (χ0v) is 15.0. The van der Waals surface area contributed by atoms with Crippen LogP contribution in [0.15, 0.2) is 6.07 Å². The van der Waals surface area contributed by atoms with Crippen LogP contribution in [0.1, 0.15) is 60.4 Å². The number of Topliss-reactive ketones (excluding diaryl/α,β-unsaturated/α-hetero) is 1. The van der Waals surface area contributed by atoms with Crippen LogP contribution in [0.25, 0.3) is 0 Å². The fourth-order valence-electron chi connectivity index (χ4n) is 4.34. The van der Waals surface area contributed by atoms with Crippen molar-refractivity contribution in [3.63, 3.8) is 0 Å². The molecule has 2 fully saturated rings. The third-order valence-corrected chi connectivity index (χ3v) is 5.75. The molecule has 1 aromatic rings. The molecule has 128 valence electrons. The van der Waals surface area contributed by atoms with Gasteiger partial charge in [0, 0.05) is 49.2 Å². The molecule has 2 aliphatic rings. The highest BCUT2D eigenvalue weighted by Gasteiger charge is 2.25. The first-order chi connectivity index (χ1) is 11.1. The summed E-state index contributed by atoms with van der Waals surface area (Å²) in [6, 6.07) is 2.74. The molecular formula is C19H31N3O. The molecule has 0 amide bonds. The van der Waals surface area contributed by atoms with Crippen LogP contribution in [0.4, 0.5) is 0 Å². The molecule has 1 aliphatic carbocycles. The molecule has 0 unspecified atom stereocenters. The third kappa shape index (κ3) is 3.53. The lowest BCUT2D eigenvalue weighted by Gasteiger charge is -2.33. The zero-order chi connectivity index (χ0) is 16.4. The molecule has 4 heteroatoms. The number of nitrogens with zero attached hydrogens (tertiary/aromatic N) is 3. The van der Waals surface area contributed by atoms with Crippen LogP contribution in [-0.2, 0) is 0 Å². The summed E-state index contributed by atoms with van der Waals surface area (Å²) in [6.07, 6.45) is 5.19. The maximum Gasteiger partial charge on any atom is 0.178 e. The van der Waals surface area contributed by atoms with Gasteiger partial charge < -0.3 is 9.47 Å².